The molecule has 28 heavy (non-hydrogen) atoms. The molecule has 2 heterocycles. The number of carbonyl (C=O) groups is 1. The van der Waals surface area contributed by atoms with Crippen molar-refractivity contribution in [1.82, 2.24) is 4.98 Å². The predicted molar refractivity (Wildman–Crippen MR) is 109 cm³/mol. The topological polar surface area (TPSA) is 75.5 Å². The van der Waals surface area contributed by atoms with Crippen molar-refractivity contribution >= 4 is 11.8 Å². The smallest absolute Gasteiger partial charge is 0.337 e. The Morgan fingerprint density at radius 2 is 2.00 bits per heavy atom. The molecule has 1 aromatic heterocycles. The molecule has 1 aliphatic heterocycles. The van der Waals surface area contributed by atoms with Gasteiger partial charge in [-0.3, -0.25) is 0 Å². The van der Waals surface area contributed by atoms with Crippen LogP contribution in [-0.2, 0) is 4.74 Å². The molecule has 148 valence electrons. The van der Waals surface area contributed by atoms with Gasteiger partial charge in [-0.2, -0.15) is 5.26 Å². The van der Waals surface area contributed by atoms with Gasteiger partial charge in [-0.25, -0.2) is 9.78 Å². The predicted octanol–water partition coefficient (Wildman–Crippen LogP) is 4.06. The van der Waals surface area contributed by atoms with E-state index in [2.05, 4.69) is 16.0 Å². The summed E-state index contributed by atoms with van der Waals surface area (Å²) in [6, 6.07) is 12.8. The van der Waals surface area contributed by atoms with Crippen LogP contribution in [0.1, 0.15) is 42.6 Å². The van der Waals surface area contributed by atoms with Crippen molar-refractivity contribution in [3.8, 4) is 11.8 Å². The van der Waals surface area contributed by atoms with E-state index in [1.807, 2.05) is 26.0 Å². The molecule has 0 saturated carbocycles. The summed E-state index contributed by atoms with van der Waals surface area (Å²) in [4.78, 5) is 18.2. The number of nitrogens with zero attached hydrogens (tertiary/aromatic N) is 3. The zero-order valence-electron chi connectivity index (χ0n) is 16.7. The maximum absolute atomic E-state index is 11.6. The van der Waals surface area contributed by atoms with Crippen molar-refractivity contribution in [2.45, 2.75) is 26.7 Å². The molecule has 6 nitrogen and oxygen atoms in total. The molecule has 1 fully saturated rings. The normalized spacial score (nSPS) is 13.7. The lowest BCUT2D eigenvalue weighted by molar-refractivity contribution is 0.0600. The maximum Gasteiger partial charge on any atom is 0.337 e. The number of carbonyl (C=O) groups excluding carboxylic acids is 1. The molecule has 0 spiro atoms. The van der Waals surface area contributed by atoms with Crippen LogP contribution in [0.4, 0.5) is 5.82 Å². The van der Waals surface area contributed by atoms with Crippen molar-refractivity contribution in [2.75, 3.05) is 31.7 Å². The van der Waals surface area contributed by atoms with Gasteiger partial charge in [-0.05, 0) is 49.1 Å². The van der Waals surface area contributed by atoms with E-state index < -0.39 is 0 Å². The number of aromatic nitrogens is 1. The molecule has 0 unspecified atom stereocenters. The van der Waals surface area contributed by atoms with E-state index in [1.54, 1.807) is 30.5 Å². The Bertz CT molecular complexity index is 791. The number of esters is 1. The Kier molecular flexibility index (Phi) is 8.29. The lowest BCUT2D eigenvalue weighted by atomic mass is 9.98. The van der Waals surface area contributed by atoms with Gasteiger partial charge < -0.3 is 14.4 Å². The molecule has 1 aromatic carbocycles. The van der Waals surface area contributed by atoms with E-state index in [0.29, 0.717) is 29.4 Å². The molecular weight excluding hydrogens is 354 g/mol. The zero-order chi connectivity index (χ0) is 20.4. The molecule has 1 saturated heterocycles. The van der Waals surface area contributed by atoms with Gasteiger partial charge >= 0.3 is 5.97 Å². The summed E-state index contributed by atoms with van der Waals surface area (Å²) in [5.74, 6) is 1.70. The molecule has 1 aliphatic rings. The van der Waals surface area contributed by atoms with Crippen LogP contribution in [-0.4, -0.2) is 37.8 Å². The lowest BCUT2D eigenvalue weighted by Crippen LogP contribution is -2.36. The number of anilines is 1. The second-order valence-electron chi connectivity index (χ2n) is 6.28. The summed E-state index contributed by atoms with van der Waals surface area (Å²) in [5, 5.41) is 8.85. The number of piperidine rings is 1. The third kappa shape index (κ3) is 5.71. The number of hydrogen-bond acceptors (Lipinski definition) is 6. The van der Waals surface area contributed by atoms with Crippen molar-refractivity contribution in [3.63, 3.8) is 0 Å². The highest BCUT2D eigenvalue weighted by atomic mass is 16.5. The van der Waals surface area contributed by atoms with E-state index in [9.17, 15) is 4.79 Å². The Labute approximate surface area is 166 Å². The van der Waals surface area contributed by atoms with Gasteiger partial charge in [0, 0.05) is 19.3 Å². The summed E-state index contributed by atoms with van der Waals surface area (Å²) in [6.45, 7) is 6.45. The van der Waals surface area contributed by atoms with Crippen LogP contribution >= 0.6 is 0 Å². The standard InChI is InChI=1S/C20H21N3O3.C2H6/c1-25-20(24)17-3-2-4-18(11-17)26-14-15-7-9-23(10-8-15)19-6-5-16(12-21)13-22-19;1-2/h2-6,11,13,15H,7-10,14H2,1H3;1-2H3. The Morgan fingerprint density at radius 3 is 2.61 bits per heavy atom. The second kappa shape index (κ2) is 10.9. The molecule has 3 rings (SSSR count). The molecule has 6 heteroatoms. The zero-order valence-corrected chi connectivity index (χ0v) is 16.7. The van der Waals surface area contributed by atoms with E-state index in [1.165, 1.54) is 7.11 Å². The van der Waals surface area contributed by atoms with Crippen LogP contribution in [0.5, 0.6) is 5.75 Å². The monoisotopic (exact) mass is 381 g/mol. The first-order valence-corrected chi connectivity index (χ1v) is 9.62. The van der Waals surface area contributed by atoms with Crippen molar-refractivity contribution in [1.29, 1.82) is 5.26 Å². The first-order chi connectivity index (χ1) is 13.7. The highest BCUT2D eigenvalue weighted by Gasteiger charge is 2.21. The lowest BCUT2D eigenvalue weighted by Gasteiger charge is -2.32. The first kappa shape index (κ1) is 21.2. The second-order valence-corrected chi connectivity index (χ2v) is 6.28. The Morgan fingerprint density at radius 1 is 1.25 bits per heavy atom. The first-order valence-electron chi connectivity index (χ1n) is 9.62. The minimum absolute atomic E-state index is 0.362. The van der Waals surface area contributed by atoms with E-state index in [-0.39, 0.29) is 5.97 Å². The number of pyridine rings is 1. The SMILES string of the molecule is CC.COC(=O)c1cccc(OCC2CCN(c3ccc(C#N)cn3)CC2)c1. The van der Waals surface area contributed by atoms with Crippen LogP contribution in [0.25, 0.3) is 0 Å². The fourth-order valence-electron chi connectivity index (χ4n) is 3.01. The fourth-order valence-corrected chi connectivity index (χ4v) is 3.01. The Balaban J connectivity index is 0.00000136. The number of nitriles is 1. The molecule has 0 bridgehead atoms. The molecule has 2 aromatic rings. The molecule has 0 radical (unpaired) electrons. The van der Waals surface area contributed by atoms with Crippen LogP contribution in [0.15, 0.2) is 42.6 Å². The number of hydrogen-bond donors (Lipinski definition) is 0. The number of benzene rings is 1. The van der Waals surface area contributed by atoms with Gasteiger partial charge in [-0.1, -0.05) is 19.9 Å². The van der Waals surface area contributed by atoms with Crippen LogP contribution in [0.3, 0.4) is 0 Å². The summed E-state index contributed by atoms with van der Waals surface area (Å²) >= 11 is 0. The number of rotatable bonds is 5. The van der Waals surface area contributed by atoms with Crippen LogP contribution in [0, 0.1) is 17.2 Å². The summed E-state index contributed by atoms with van der Waals surface area (Å²) in [5.41, 5.74) is 1.07. The van der Waals surface area contributed by atoms with Gasteiger partial charge in [0.25, 0.3) is 0 Å². The minimum atomic E-state index is -0.362. The minimum Gasteiger partial charge on any atom is -0.493 e. The maximum atomic E-state index is 11.6. The van der Waals surface area contributed by atoms with E-state index in [0.717, 1.165) is 31.7 Å². The average Bonchev–Trinajstić information content (AvgIpc) is 2.79. The van der Waals surface area contributed by atoms with Crippen LogP contribution < -0.4 is 9.64 Å². The highest BCUT2D eigenvalue weighted by molar-refractivity contribution is 5.89. The molecule has 0 aliphatic carbocycles. The van der Waals surface area contributed by atoms with Gasteiger partial charge in [0.15, 0.2) is 0 Å². The van der Waals surface area contributed by atoms with E-state index in [4.69, 9.17) is 14.7 Å². The van der Waals surface area contributed by atoms with E-state index >= 15 is 0 Å². The summed E-state index contributed by atoms with van der Waals surface area (Å²) in [6.07, 6.45) is 3.63. The third-order valence-corrected chi connectivity index (χ3v) is 4.56. The average molecular weight is 381 g/mol. The van der Waals surface area contributed by atoms with Crippen molar-refractivity contribution in [3.05, 3.63) is 53.7 Å². The number of ether oxygens (including phenoxy) is 2. The molecular formula is C22H27N3O3. The van der Waals surface area contributed by atoms with Crippen molar-refractivity contribution in [2.24, 2.45) is 5.92 Å². The number of methoxy groups -OCH3 is 1. The quantitative estimate of drug-likeness (QED) is 0.727. The molecule has 0 atom stereocenters. The summed E-state index contributed by atoms with van der Waals surface area (Å²) < 4.78 is 10.6. The third-order valence-electron chi connectivity index (χ3n) is 4.56. The van der Waals surface area contributed by atoms with Gasteiger partial charge in [0.05, 0.1) is 24.8 Å². The van der Waals surface area contributed by atoms with Crippen LogP contribution in [0.2, 0.25) is 0 Å². The molecule has 0 N–H and O–H groups in total. The highest BCUT2D eigenvalue weighted by Crippen LogP contribution is 2.23. The van der Waals surface area contributed by atoms with Gasteiger partial charge in [0.1, 0.15) is 17.6 Å². The largest absolute Gasteiger partial charge is 0.493 e. The Hall–Kier alpha value is -3.07. The van der Waals surface area contributed by atoms with Gasteiger partial charge in [-0.15, -0.1) is 0 Å². The fraction of sp³-hybridized carbons (Fsp3) is 0.409. The van der Waals surface area contributed by atoms with Gasteiger partial charge in [0.2, 0.25) is 0 Å². The summed E-state index contributed by atoms with van der Waals surface area (Å²) in [7, 11) is 1.37. The van der Waals surface area contributed by atoms with Crippen molar-refractivity contribution < 1.29 is 14.3 Å². The molecule has 0 amide bonds.